The Kier molecular flexibility index (Phi) is 2.30. The average molecular weight is 212 g/mol. The number of halogens is 1. The van der Waals surface area contributed by atoms with Crippen LogP contribution in [0.15, 0.2) is 18.2 Å². The van der Waals surface area contributed by atoms with Gasteiger partial charge in [0.15, 0.2) is 0 Å². The third-order valence-corrected chi connectivity index (χ3v) is 3.47. The maximum atomic E-state index is 9.35. The predicted octanol–water partition coefficient (Wildman–Crippen LogP) is 1.68. The second kappa shape index (κ2) is 3.23. The van der Waals surface area contributed by atoms with Crippen LogP contribution in [0.2, 0.25) is 5.02 Å². The van der Waals surface area contributed by atoms with Gasteiger partial charge in [-0.15, -0.1) is 0 Å². The molecule has 3 heteroatoms. The molecule has 1 aromatic carbocycles. The Morgan fingerprint density at radius 2 is 2.36 bits per heavy atom. The number of nitrogens with two attached hydrogens (primary N) is 1. The van der Waals surface area contributed by atoms with Crippen LogP contribution in [-0.4, -0.2) is 11.7 Å². The van der Waals surface area contributed by atoms with Crippen LogP contribution >= 0.6 is 11.6 Å². The zero-order valence-corrected chi connectivity index (χ0v) is 8.88. The monoisotopic (exact) mass is 211 g/mol. The molecule has 0 aliphatic heterocycles. The first kappa shape index (κ1) is 9.97. The number of aliphatic hydroxyl groups is 1. The van der Waals surface area contributed by atoms with Gasteiger partial charge in [0, 0.05) is 5.02 Å². The average Bonchev–Trinajstić information content (AvgIpc) is 2.39. The summed E-state index contributed by atoms with van der Waals surface area (Å²) in [5, 5.41) is 10.1. The topological polar surface area (TPSA) is 46.2 Å². The highest BCUT2D eigenvalue weighted by Gasteiger charge is 2.40. The Hall–Kier alpha value is -0.570. The first-order valence-electron chi connectivity index (χ1n) is 4.76. The molecule has 0 amide bonds. The van der Waals surface area contributed by atoms with E-state index in [1.165, 1.54) is 5.56 Å². The molecule has 2 nitrogen and oxygen atoms in total. The summed E-state index contributed by atoms with van der Waals surface area (Å²) in [6.07, 6.45) is 0.896. The van der Waals surface area contributed by atoms with E-state index in [9.17, 15) is 5.11 Å². The summed E-state index contributed by atoms with van der Waals surface area (Å²) in [6.45, 7) is 2.05. The lowest BCUT2D eigenvalue weighted by molar-refractivity contribution is 0.159. The minimum Gasteiger partial charge on any atom is -0.394 e. The first-order valence-corrected chi connectivity index (χ1v) is 5.14. The molecule has 0 bridgehead atoms. The van der Waals surface area contributed by atoms with E-state index in [0.717, 1.165) is 17.0 Å². The van der Waals surface area contributed by atoms with Crippen molar-refractivity contribution in [3.63, 3.8) is 0 Å². The lowest BCUT2D eigenvalue weighted by Gasteiger charge is -2.27. The number of benzene rings is 1. The van der Waals surface area contributed by atoms with Gasteiger partial charge in [0.25, 0.3) is 0 Å². The Balaban J connectivity index is 2.53. The Morgan fingerprint density at radius 1 is 1.64 bits per heavy atom. The van der Waals surface area contributed by atoms with Gasteiger partial charge in [-0.1, -0.05) is 24.6 Å². The van der Waals surface area contributed by atoms with Crippen LogP contribution in [-0.2, 0) is 12.0 Å². The molecule has 2 unspecified atom stereocenters. The molecule has 2 rings (SSSR count). The van der Waals surface area contributed by atoms with Crippen molar-refractivity contribution in [3.05, 3.63) is 34.3 Å². The van der Waals surface area contributed by atoms with Crippen LogP contribution in [0.4, 0.5) is 0 Å². The Morgan fingerprint density at radius 3 is 3.00 bits per heavy atom. The molecule has 3 N–H and O–H groups in total. The molecule has 76 valence electrons. The maximum absolute atomic E-state index is 9.35. The standard InChI is InChI=1S/C11H14ClNO/c1-7-4-8-5-9(12)2-3-10(8)11(7,13)6-14/h2-3,5,7,14H,4,6,13H2,1H3. The van der Waals surface area contributed by atoms with Crippen molar-refractivity contribution in [3.8, 4) is 0 Å². The zero-order valence-electron chi connectivity index (χ0n) is 8.13. The molecule has 2 atom stereocenters. The van der Waals surface area contributed by atoms with Crippen molar-refractivity contribution < 1.29 is 5.11 Å². The van der Waals surface area contributed by atoms with E-state index in [-0.39, 0.29) is 12.5 Å². The van der Waals surface area contributed by atoms with Crippen molar-refractivity contribution in [2.75, 3.05) is 6.61 Å². The highest BCUT2D eigenvalue weighted by atomic mass is 35.5. The van der Waals surface area contributed by atoms with E-state index in [2.05, 4.69) is 6.92 Å². The predicted molar refractivity (Wildman–Crippen MR) is 57.3 cm³/mol. The largest absolute Gasteiger partial charge is 0.394 e. The molecule has 0 heterocycles. The summed E-state index contributed by atoms with van der Waals surface area (Å²) in [5.74, 6) is 0.265. The first-order chi connectivity index (χ1) is 6.58. The van der Waals surface area contributed by atoms with Crippen molar-refractivity contribution >= 4 is 11.6 Å². The van der Waals surface area contributed by atoms with E-state index in [0.29, 0.717) is 0 Å². The number of fused-ring (bicyclic) bond motifs is 1. The molecule has 0 fully saturated rings. The molecule has 0 saturated carbocycles. The van der Waals surface area contributed by atoms with E-state index in [1.807, 2.05) is 18.2 Å². The summed E-state index contributed by atoms with van der Waals surface area (Å²) in [6, 6.07) is 5.70. The van der Waals surface area contributed by atoms with Gasteiger partial charge in [0.1, 0.15) is 0 Å². The molecule has 1 aromatic rings. The van der Waals surface area contributed by atoms with Gasteiger partial charge in [-0.05, 0) is 35.6 Å². The second-order valence-electron chi connectivity index (χ2n) is 4.11. The van der Waals surface area contributed by atoms with Crippen LogP contribution in [0.3, 0.4) is 0 Å². The number of aliphatic hydroxyl groups excluding tert-OH is 1. The van der Waals surface area contributed by atoms with E-state index in [1.54, 1.807) is 0 Å². The number of hydrogen-bond donors (Lipinski definition) is 2. The van der Waals surface area contributed by atoms with Gasteiger partial charge < -0.3 is 10.8 Å². The second-order valence-corrected chi connectivity index (χ2v) is 4.54. The quantitative estimate of drug-likeness (QED) is 0.743. The minimum atomic E-state index is -0.583. The number of hydrogen-bond acceptors (Lipinski definition) is 2. The number of rotatable bonds is 1. The molecule has 1 aliphatic rings. The molecular formula is C11H14ClNO. The molecular weight excluding hydrogens is 198 g/mol. The summed E-state index contributed by atoms with van der Waals surface area (Å²) in [5.41, 5.74) is 7.79. The Labute approximate surface area is 88.7 Å². The van der Waals surface area contributed by atoms with Crippen molar-refractivity contribution in [2.45, 2.75) is 18.9 Å². The lowest BCUT2D eigenvalue weighted by Crippen LogP contribution is -2.43. The van der Waals surface area contributed by atoms with Crippen molar-refractivity contribution in [1.82, 2.24) is 0 Å². The lowest BCUT2D eigenvalue weighted by atomic mass is 9.87. The van der Waals surface area contributed by atoms with Crippen molar-refractivity contribution in [2.24, 2.45) is 11.7 Å². The normalized spacial score (nSPS) is 30.4. The highest BCUT2D eigenvalue weighted by molar-refractivity contribution is 6.30. The van der Waals surface area contributed by atoms with Crippen LogP contribution in [0.1, 0.15) is 18.1 Å². The van der Waals surface area contributed by atoms with Crippen LogP contribution in [0.25, 0.3) is 0 Å². The van der Waals surface area contributed by atoms with Gasteiger partial charge in [0.2, 0.25) is 0 Å². The third kappa shape index (κ3) is 1.26. The molecule has 0 radical (unpaired) electrons. The fraction of sp³-hybridized carbons (Fsp3) is 0.455. The van der Waals surface area contributed by atoms with E-state index < -0.39 is 5.54 Å². The van der Waals surface area contributed by atoms with Crippen LogP contribution < -0.4 is 5.73 Å². The highest BCUT2D eigenvalue weighted by Crippen LogP contribution is 2.39. The van der Waals surface area contributed by atoms with Gasteiger partial charge in [0.05, 0.1) is 12.1 Å². The SMILES string of the molecule is CC1Cc2cc(Cl)ccc2C1(N)CO. The molecule has 1 aliphatic carbocycles. The van der Waals surface area contributed by atoms with Crippen molar-refractivity contribution in [1.29, 1.82) is 0 Å². The van der Waals surface area contributed by atoms with E-state index in [4.69, 9.17) is 17.3 Å². The fourth-order valence-corrected chi connectivity index (χ4v) is 2.40. The summed E-state index contributed by atoms with van der Waals surface area (Å²) in [4.78, 5) is 0. The minimum absolute atomic E-state index is 0.0111. The summed E-state index contributed by atoms with van der Waals surface area (Å²) >= 11 is 5.90. The molecule has 0 spiro atoms. The Bertz CT molecular complexity index is 366. The smallest absolute Gasteiger partial charge is 0.0675 e. The van der Waals surface area contributed by atoms with E-state index >= 15 is 0 Å². The third-order valence-electron chi connectivity index (χ3n) is 3.24. The van der Waals surface area contributed by atoms with Crippen LogP contribution in [0, 0.1) is 5.92 Å². The summed E-state index contributed by atoms with van der Waals surface area (Å²) in [7, 11) is 0. The fourth-order valence-electron chi connectivity index (χ4n) is 2.20. The van der Waals surface area contributed by atoms with Gasteiger partial charge in [-0.2, -0.15) is 0 Å². The molecule has 0 aromatic heterocycles. The molecule has 14 heavy (non-hydrogen) atoms. The summed E-state index contributed by atoms with van der Waals surface area (Å²) < 4.78 is 0. The van der Waals surface area contributed by atoms with Crippen LogP contribution in [0.5, 0.6) is 0 Å². The maximum Gasteiger partial charge on any atom is 0.0675 e. The molecule has 0 saturated heterocycles. The zero-order chi connectivity index (χ0) is 10.3. The van der Waals surface area contributed by atoms with Gasteiger partial charge in [-0.25, -0.2) is 0 Å². The van der Waals surface area contributed by atoms with Gasteiger partial charge in [-0.3, -0.25) is 0 Å². The van der Waals surface area contributed by atoms with Gasteiger partial charge >= 0.3 is 0 Å².